The van der Waals surface area contributed by atoms with Crippen LogP contribution in [0.3, 0.4) is 0 Å². The summed E-state index contributed by atoms with van der Waals surface area (Å²) in [6.45, 7) is 3.58. The fraction of sp³-hybridized carbons (Fsp3) is 0.100. The fourth-order valence-electron chi connectivity index (χ4n) is 2.56. The number of aryl methyl sites for hydroxylation is 2. The summed E-state index contributed by atoms with van der Waals surface area (Å²) in [7, 11) is -8.46. The van der Waals surface area contributed by atoms with Crippen molar-refractivity contribution in [3.05, 3.63) is 81.5 Å². The molecule has 2 aromatic carbocycles. The lowest BCUT2D eigenvalue weighted by molar-refractivity contribution is -0.111. The van der Waals surface area contributed by atoms with E-state index in [1.54, 1.807) is 38.1 Å². The lowest BCUT2D eigenvalue weighted by atomic mass is 10.1. The van der Waals surface area contributed by atoms with Gasteiger partial charge in [-0.3, -0.25) is 9.52 Å². The minimum Gasteiger partial charge on any atom is -0.287 e. The van der Waals surface area contributed by atoms with Gasteiger partial charge in [0.05, 0.1) is 20.5 Å². The SMILES string of the molecule is Cc1ccc(S(=O)(=O)/N=C2\C=C(Cl)C(=O)C(Cl)=C2NS(=O)(=O)c2ccc(C)cc2)cc1. The van der Waals surface area contributed by atoms with E-state index in [9.17, 15) is 21.6 Å². The summed E-state index contributed by atoms with van der Waals surface area (Å²) in [6.07, 6.45) is 0.953. The van der Waals surface area contributed by atoms with Gasteiger partial charge in [0, 0.05) is 0 Å². The standard InChI is InChI=1S/C20H16Cl2N2O5S2/c1-12-3-7-14(8-4-12)30(26,27)23-17-11-16(21)20(25)18(22)19(17)24-31(28,29)15-9-5-13(2)6-10-15/h3-11,24H,1-2H3/b23-17+. The number of Topliss-reactive ketones (excluding diaryl/α,β-unsaturated/α-hetero) is 1. The van der Waals surface area contributed by atoms with Gasteiger partial charge in [-0.2, -0.15) is 12.8 Å². The van der Waals surface area contributed by atoms with E-state index < -0.39 is 47.3 Å². The third-order valence-electron chi connectivity index (χ3n) is 4.26. The first-order chi connectivity index (χ1) is 14.4. The Hall–Kier alpha value is -2.46. The topological polar surface area (TPSA) is 110 Å². The maximum absolute atomic E-state index is 12.8. The zero-order valence-electron chi connectivity index (χ0n) is 16.3. The van der Waals surface area contributed by atoms with Gasteiger partial charge < -0.3 is 0 Å². The van der Waals surface area contributed by atoms with Crippen molar-refractivity contribution in [2.75, 3.05) is 0 Å². The average molecular weight is 499 g/mol. The Morgan fingerprint density at radius 1 is 0.806 bits per heavy atom. The molecule has 3 rings (SSSR count). The molecule has 0 fully saturated rings. The van der Waals surface area contributed by atoms with E-state index in [2.05, 4.69) is 9.12 Å². The number of nitrogens with zero attached hydrogens (tertiary/aromatic N) is 1. The molecule has 0 heterocycles. The van der Waals surface area contributed by atoms with Gasteiger partial charge >= 0.3 is 0 Å². The number of halogens is 2. The molecule has 7 nitrogen and oxygen atoms in total. The molecule has 0 spiro atoms. The largest absolute Gasteiger partial charge is 0.287 e. The molecule has 31 heavy (non-hydrogen) atoms. The summed E-state index contributed by atoms with van der Waals surface area (Å²) in [5.74, 6) is -0.864. The van der Waals surface area contributed by atoms with Gasteiger partial charge in [0.1, 0.15) is 10.7 Å². The maximum Gasteiger partial charge on any atom is 0.282 e. The van der Waals surface area contributed by atoms with Crippen LogP contribution in [-0.2, 0) is 24.8 Å². The van der Waals surface area contributed by atoms with Gasteiger partial charge in [-0.15, -0.1) is 0 Å². The second kappa shape index (κ2) is 8.58. The van der Waals surface area contributed by atoms with E-state index in [1.165, 1.54) is 24.3 Å². The first kappa shape index (κ1) is 23.2. The summed E-state index contributed by atoms with van der Waals surface area (Å²) in [4.78, 5) is 12.0. The lowest BCUT2D eigenvalue weighted by Crippen LogP contribution is -2.31. The quantitative estimate of drug-likeness (QED) is 0.633. The number of sulfonamides is 2. The molecule has 0 saturated carbocycles. The molecule has 0 radical (unpaired) electrons. The number of carbonyl (C=O) groups is 1. The third kappa shape index (κ3) is 5.07. The van der Waals surface area contributed by atoms with Crippen LogP contribution in [0.15, 0.2) is 84.6 Å². The molecule has 0 amide bonds. The molecule has 0 bridgehead atoms. The average Bonchev–Trinajstić information content (AvgIpc) is 2.70. The highest BCUT2D eigenvalue weighted by Crippen LogP contribution is 2.27. The third-order valence-corrected chi connectivity index (χ3v) is 7.57. The van der Waals surface area contributed by atoms with E-state index >= 15 is 0 Å². The zero-order chi connectivity index (χ0) is 23.0. The van der Waals surface area contributed by atoms with Crippen molar-refractivity contribution in [3.63, 3.8) is 0 Å². The van der Waals surface area contributed by atoms with Crippen molar-refractivity contribution in [2.45, 2.75) is 23.6 Å². The summed E-state index contributed by atoms with van der Waals surface area (Å²) in [6, 6.07) is 11.8. The predicted octanol–water partition coefficient (Wildman–Crippen LogP) is 3.57. The number of carbonyl (C=O) groups excluding carboxylic acids is 1. The first-order valence-corrected chi connectivity index (χ1v) is 12.4. The Labute approximate surface area is 190 Å². The zero-order valence-corrected chi connectivity index (χ0v) is 19.4. The number of ketones is 1. The molecule has 0 aliphatic heterocycles. The van der Waals surface area contributed by atoms with Gasteiger partial charge in [0.25, 0.3) is 20.0 Å². The monoisotopic (exact) mass is 498 g/mol. The number of nitrogens with one attached hydrogen (secondary N) is 1. The van der Waals surface area contributed by atoms with E-state index in [0.29, 0.717) is 0 Å². The molecular weight excluding hydrogens is 483 g/mol. The van der Waals surface area contributed by atoms with Gasteiger partial charge in [-0.1, -0.05) is 58.6 Å². The molecule has 162 valence electrons. The Kier molecular flexibility index (Phi) is 6.43. The fourth-order valence-corrected chi connectivity index (χ4v) is 5.18. The Morgan fingerprint density at radius 2 is 1.29 bits per heavy atom. The second-order valence-electron chi connectivity index (χ2n) is 6.69. The van der Waals surface area contributed by atoms with Crippen LogP contribution >= 0.6 is 23.2 Å². The lowest BCUT2D eigenvalue weighted by Gasteiger charge is -2.17. The number of allylic oxidation sites excluding steroid dienone is 3. The summed E-state index contributed by atoms with van der Waals surface area (Å²) < 4.78 is 56.9. The highest BCUT2D eigenvalue weighted by atomic mass is 35.5. The molecule has 11 heteroatoms. The van der Waals surface area contributed by atoms with E-state index in [4.69, 9.17) is 23.2 Å². The van der Waals surface area contributed by atoms with Gasteiger partial charge in [-0.05, 0) is 44.2 Å². The number of benzene rings is 2. The normalized spacial score (nSPS) is 16.5. The van der Waals surface area contributed by atoms with Crippen molar-refractivity contribution in [1.82, 2.24) is 4.72 Å². The van der Waals surface area contributed by atoms with Gasteiger partial charge in [0.15, 0.2) is 0 Å². The summed E-state index contributed by atoms with van der Waals surface area (Å²) >= 11 is 11.9. The molecule has 0 aromatic heterocycles. The van der Waals surface area contributed by atoms with Crippen LogP contribution in [0.1, 0.15) is 11.1 Å². The van der Waals surface area contributed by atoms with Crippen LogP contribution in [-0.4, -0.2) is 28.3 Å². The Balaban J connectivity index is 2.10. The maximum atomic E-state index is 12.8. The van der Waals surface area contributed by atoms with Crippen molar-refractivity contribution < 1.29 is 21.6 Å². The van der Waals surface area contributed by atoms with Gasteiger partial charge in [0.2, 0.25) is 5.78 Å². The summed E-state index contributed by atoms with van der Waals surface area (Å²) in [5.41, 5.74) is 0.788. The molecule has 1 aliphatic carbocycles. The minimum atomic E-state index is -4.25. The van der Waals surface area contributed by atoms with E-state index in [1.807, 2.05) is 0 Å². The van der Waals surface area contributed by atoms with Crippen molar-refractivity contribution in [2.24, 2.45) is 4.40 Å². The molecule has 0 saturated heterocycles. The summed E-state index contributed by atoms with van der Waals surface area (Å²) in [5, 5.41) is -0.998. The number of hydrogen-bond donors (Lipinski definition) is 1. The Morgan fingerprint density at radius 3 is 1.81 bits per heavy atom. The van der Waals surface area contributed by atoms with E-state index in [0.717, 1.165) is 17.2 Å². The van der Waals surface area contributed by atoms with Crippen molar-refractivity contribution >= 4 is 54.7 Å². The van der Waals surface area contributed by atoms with Crippen LogP contribution in [0.4, 0.5) is 0 Å². The number of hydrogen-bond acceptors (Lipinski definition) is 5. The smallest absolute Gasteiger partial charge is 0.282 e. The van der Waals surface area contributed by atoms with Crippen molar-refractivity contribution in [3.8, 4) is 0 Å². The minimum absolute atomic E-state index is 0.107. The molecule has 1 aliphatic rings. The molecule has 1 N–H and O–H groups in total. The molecule has 2 aromatic rings. The van der Waals surface area contributed by atoms with Crippen LogP contribution in [0.5, 0.6) is 0 Å². The highest BCUT2D eigenvalue weighted by molar-refractivity contribution is 7.90. The van der Waals surface area contributed by atoms with Crippen LogP contribution < -0.4 is 4.72 Å². The molecule has 0 atom stereocenters. The number of rotatable bonds is 5. The van der Waals surface area contributed by atoms with Crippen molar-refractivity contribution in [1.29, 1.82) is 0 Å². The van der Waals surface area contributed by atoms with Crippen LogP contribution in [0, 0.1) is 13.8 Å². The van der Waals surface area contributed by atoms with E-state index in [-0.39, 0.29) is 9.79 Å². The molecule has 0 unspecified atom stereocenters. The first-order valence-electron chi connectivity index (χ1n) is 8.74. The van der Waals surface area contributed by atoms with Gasteiger partial charge in [-0.25, -0.2) is 8.42 Å². The van der Waals surface area contributed by atoms with Crippen LogP contribution in [0.2, 0.25) is 0 Å². The molecular formula is C20H16Cl2N2O5S2. The highest BCUT2D eigenvalue weighted by Gasteiger charge is 2.30. The Bertz CT molecular complexity index is 1360. The second-order valence-corrected chi connectivity index (χ2v) is 10.8. The van der Waals surface area contributed by atoms with Crippen LogP contribution in [0.25, 0.3) is 0 Å². The predicted molar refractivity (Wildman–Crippen MR) is 119 cm³/mol.